The number of aromatic amines is 1. The molecule has 4 rings (SSSR count). The van der Waals surface area contributed by atoms with Crippen LogP contribution in [0.5, 0.6) is 0 Å². The third kappa shape index (κ3) is 2.38. The van der Waals surface area contributed by atoms with E-state index in [9.17, 15) is 9.18 Å². The average molecular weight is 350 g/mol. The number of hydrogen-bond acceptors (Lipinski definition) is 4. The molecule has 1 aliphatic heterocycles. The summed E-state index contributed by atoms with van der Waals surface area (Å²) >= 11 is 7.58. The number of aromatic nitrogens is 2. The molecule has 3 heterocycles. The van der Waals surface area contributed by atoms with Gasteiger partial charge in [-0.1, -0.05) is 17.7 Å². The molecule has 0 saturated heterocycles. The molecular weight excluding hydrogens is 337 g/mol. The Morgan fingerprint density at radius 3 is 3.04 bits per heavy atom. The molecule has 0 spiro atoms. The van der Waals surface area contributed by atoms with Crippen LogP contribution in [-0.2, 0) is 13.0 Å². The Kier molecular flexibility index (Phi) is 3.48. The van der Waals surface area contributed by atoms with E-state index in [0.29, 0.717) is 10.2 Å². The third-order valence-corrected chi connectivity index (χ3v) is 5.53. The van der Waals surface area contributed by atoms with Crippen molar-refractivity contribution in [3.63, 3.8) is 0 Å². The SMILES string of the molecule is CN1CCc2c(sc3nc(-c4c(F)cccc4Cl)[nH]c(=O)c23)C1. The van der Waals surface area contributed by atoms with E-state index in [4.69, 9.17) is 11.6 Å². The lowest BCUT2D eigenvalue weighted by Crippen LogP contribution is -2.26. The zero-order valence-electron chi connectivity index (χ0n) is 12.3. The minimum Gasteiger partial charge on any atom is -0.306 e. The Labute approximate surface area is 140 Å². The van der Waals surface area contributed by atoms with E-state index in [2.05, 4.69) is 21.9 Å². The van der Waals surface area contributed by atoms with Crippen molar-refractivity contribution in [2.75, 3.05) is 13.6 Å². The highest BCUT2D eigenvalue weighted by Crippen LogP contribution is 2.34. The molecule has 4 nitrogen and oxygen atoms in total. The predicted molar refractivity (Wildman–Crippen MR) is 90.7 cm³/mol. The zero-order valence-corrected chi connectivity index (χ0v) is 13.9. The number of likely N-dealkylation sites (N-methyl/N-ethyl adjacent to an activating group) is 1. The monoisotopic (exact) mass is 349 g/mol. The Balaban J connectivity index is 1.97. The summed E-state index contributed by atoms with van der Waals surface area (Å²) in [7, 11) is 2.05. The maximum Gasteiger partial charge on any atom is 0.260 e. The Morgan fingerprint density at radius 2 is 2.26 bits per heavy atom. The maximum absolute atomic E-state index is 14.1. The molecule has 0 fully saturated rings. The number of hydrogen-bond donors (Lipinski definition) is 1. The van der Waals surface area contributed by atoms with Crippen molar-refractivity contribution in [1.82, 2.24) is 14.9 Å². The van der Waals surface area contributed by atoms with Crippen LogP contribution in [0, 0.1) is 5.82 Å². The first kappa shape index (κ1) is 14.8. The van der Waals surface area contributed by atoms with Crippen LogP contribution in [-0.4, -0.2) is 28.5 Å². The molecule has 0 bridgehead atoms. The van der Waals surface area contributed by atoms with Crippen LogP contribution >= 0.6 is 22.9 Å². The molecule has 2 aromatic heterocycles. The predicted octanol–water partition coefficient (Wildman–Crippen LogP) is 3.43. The van der Waals surface area contributed by atoms with Gasteiger partial charge in [-0.2, -0.15) is 0 Å². The number of rotatable bonds is 1. The van der Waals surface area contributed by atoms with Gasteiger partial charge in [0.15, 0.2) is 0 Å². The van der Waals surface area contributed by atoms with Gasteiger partial charge in [0, 0.05) is 18.0 Å². The van der Waals surface area contributed by atoms with E-state index in [-0.39, 0.29) is 22.0 Å². The largest absolute Gasteiger partial charge is 0.306 e. The Bertz CT molecular complexity index is 961. The van der Waals surface area contributed by atoms with Gasteiger partial charge in [-0.15, -0.1) is 11.3 Å². The molecule has 1 N–H and O–H groups in total. The first-order chi connectivity index (χ1) is 11.0. The molecule has 0 amide bonds. The van der Waals surface area contributed by atoms with Crippen LogP contribution in [0.3, 0.4) is 0 Å². The molecule has 23 heavy (non-hydrogen) atoms. The van der Waals surface area contributed by atoms with Crippen LogP contribution in [0.15, 0.2) is 23.0 Å². The number of benzene rings is 1. The summed E-state index contributed by atoms with van der Waals surface area (Å²) in [5.41, 5.74) is 0.978. The number of nitrogens with zero attached hydrogens (tertiary/aromatic N) is 2. The van der Waals surface area contributed by atoms with Crippen LogP contribution < -0.4 is 5.56 Å². The van der Waals surface area contributed by atoms with Gasteiger partial charge < -0.3 is 9.88 Å². The second kappa shape index (κ2) is 5.40. The molecule has 0 unspecified atom stereocenters. The number of nitrogens with one attached hydrogen (secondary N) is 1. The van der Waals surface area contributed by atoms with Crippen molar-refractivity contribution in [2.45, 2.75) is 13.0 Å². The second-order valence-electron chi connectivity index (χ2n) is 5.68. The first-order valence-corrected chi connectivity index (χ1v) is 8.41. The molecule has 118 valence electrons. The quantitative estimate of drug-likeness (QED) is 0.732. The van der Waals surface area contributed by atoms with Gasteiger partial charge in [0.2, 0.25) is 0 Å². The number of halogens is 2. The molecule has 0 atom stereocenters. The maximum atomic E-state index is 14.1. The fourth-order valence-corrected chi connectivity index (χ4v) is 4.52. The summed E-state index contributed by atoms with van der Waals surface area (Å²) in [5.74, 6) is -0.321. The number of thiophene rings is 1. The van der Waals surface area contributed by atoms with Gasteiger partial charge in [-0.3, -0.25) is 4.79 Å². The third-order valence-electron chi connectivity index (χ3n) is 4.10. The van der Waals surface area contributed by atoms with E-state index in [0.717, 1.165) is 30.0 Å². The van der Waals surface area contributed by atoms with Gasteiger partial charge in [-0.25, -0.2) is 9.37 Å². The second-order valence-corrected chi connectivity index (χ2v) is 7.17. The summed E-state index contributed by atoms with van der Waals surface area (Å²) in [5, 5.41) is 0.864. The van der Waals surface area contributed by atoms with Crippen molar-refractivity contribution < 1.29 is 4.39 Å². The summed E-state index contributed by atoms with van der Waals surface area (Å²) in [4.78, 5) is 23.7. The Morgan fingerprint density at radius 1 is 1.43 bits per heavy atom. The molecule has 0 aliphatic carbocycles. The molecule has 7 heteroatoms. The lowest BCUT2D eigenvalue weighted by atomic mass is 10.1. The summed E-state index contributed by atoms with van der Waals surface area (Å²) in [6, 6.07) is 4.41. The molecule has 0 saturated carbocycles. The van der Waals surface area contributed by atoms with E-state index < -0.39 is 5.82 Å². The fraction of sp³-hybridized carbons (Fsp3) is 0.250. The number of H-pyrrole nitrogens is 1. The topological polar surface area (TPSA) is 49.0 Å². The minimum atomic E-state index is -0.499. The summed E-state index contributed by atoms with van der Waals surface area (Å²) in [6.07, 6.45) is 0.830. The Hall–Kier alpha value is -1.76. The van der Waals surface area contributed by atoms with Crippen molar-refractivity contribution in [3.8, 4) is 11.4 Å². The average Bonchev–Trinajstić information content (AvgIpc) is 2.84. The standard InChI is InChI=1S/C16H13ClFN3OS/c1-21-6-5-8-11(7-21)23-16-12(8)15(22)19-14(20-16)13-9(17)3-2-4-10(13)18/h2-4H,5-7H2,1H3,(H,19,20,22). The smallest absolute Gasteiger partial charge is 0.260 e. The highest BCUT2D eigenvalue weighted by atomic mass is 35.5. The van der Waals surface area contributed by atoms with Crippen LogP contribution in [0.25, 0.3) is 21.6 Å². The van der Waals surface area contributed by atoms with Gasteiger partial charge in [0.05, 0.1) is 16.0 Å². The highest BCUT2D eigenvalue weighted by Gasteiger charge is 2.23. The summed E-state index contributed by atoms with van der Waals surface area (Å²) < 4.78 is 14.1. The van der Waals surface area contributed by atoms with Crippen LogP contribution in [0.2, 0.25) is 5.02 Å². The van der Waals surface area contributed by atoms with E-state index >= 15 is 0 Å². The van der Waals surface area contributed by atoms with Crippen molar-refractivity contribution in [3.05, 3.63) is 49.8 Å². The van der Waals surface area contributed by atoms with Crippen molar-refractivity contribution >= 4 is 33.2 Å². The lowest BCUT2D eigenvalue weighted by Gasteiger charge is -2.21. The first-order valence-electron chi connectivity index (χ1n) is 7.22. The van der Waals surface area contributed by atoms with Crippen LogP contribution in [0.4, 0.5) is 4.39 Å². The molecule has 1 aliphatic rings. The highest BCUT2D eigenvalue weighted by molar-refractivity contribution is 7.18. The number of fused-ring (bicyclic) bond motifs is 3. The molecule has 1 aromatic carbocycles. The zero-order chi connectivity index (χ0) is 16.1. The van der Waals surface area contributed by atoms with Crippen molar-refractivity contribution in [2.24, 2.45) is 0 Å². The van der Waals surface area contributed by atoms with Gasteiger partial charge in [0.25, 0.3) is 5.56 Å². The molecular formula is C16H13ClFN3OS. The van der Waals surface area contributed by atoms with Gasteiger partial charge in [0.1, 0.15) is 16.5 Å². The van der Waals surface area contributed by atoms with Gasteiger partial charge in [-0.05, 0) is 31.2 Å². The fourth-order valence-electron chi connectivity index (χ4n) is 2.97. The van der Waals surface area contributed by atoms with E-state index in [1.165, 1.54) is 23.5 Å². The lowest BCUT2D eigenvalue weighted by molar-refractivity contribution is 0.318. The normalized spacial score (nSPS) is 15.1. The minimum absolute atomic E-state index is 0.136. The van der Waals surface area contributed by atoms with Gasteiger partial charge >= 0.3 is 0 Å². The summed E-state index contributed by atoms with van der Waals surface area (Å²) in [6.45, 7) is 1.73. The molecule has 3 aromatic rings. The van der Waals surface area contributed by atoms with Crippen molar-refractivity contribution in [1.29, 1.82) is 0 Å². The van der Waals surface area contributed by atoms with Crippen LogP contribution in [0.1, 0.15) is 10.4 Å². The molecule has 0 radical (unpaired) electrons. The van der Waals surface area contributed by atoms with E-state index in [1.807, 2.05) is 0 Å². The van der Waals surface area contributed by atoms with E-state index in [1.54, 1.807) is 6.07 Å².